The van der Waals surface area contributed by atoms with Gasteiger partial charge in [0.25, 0.3) is 5.91 Å². The Morgan fingerprint density at radius 2 is 1.81 bits per heavy atom. The lowest BCUT2D eigenvalue weighted by molar-refractivity contribution is 0.0596. The van der Waals surface area contributed by atoms with Gasteiger partial charge in [-0.3, -0.25) is 9.78 Å². The maximum atomic E-state index is 12.4. The van der Waals surface area contributed by atoms with Crippen molar-refractivity contribution in [1.29, 1.82) is 0 Å². The standard InChI is InChI=1S/C19H18N4O3/c1-26-19(25)15-7-3-2-6-14(15)18(24)22-11-13-23-12-10-21-17(23)16-8-4-5-9-20-16/h2-10,12H,11,13H2,1H3,(H,22,24). The van der Waals surface area contributed by atoms with E-state index in [0.717, 1.165) is 11.5 Å². The van der Waals surface area contributed by atoms with E-state index in [2.05, 4.69) is 15.3 Å². The summed E-state index contributed by atoms with van der Waals surface area (Å²) in [6, 6.07) is 12.2. The Hall–Kier alpha value is -3.48. The number of nitrogens with zero attached hydrogens (tertiary/aromatic N) is 3. The third kappa shape index (κ3) is 3.77. The van der Waals surface area contributed by atoms with E-state index in [9.17, 15) is 9.59 Å². The van der Waals surface area contributed by atoms with Crippen LogP contribution in [0.1, 0.15) is 20.7 Å². The Balaban J connectivity index is 1.66. The lowest BCUT2D eigenvalue weighted by Crippen LogP contribution is -2.28. The maximum Gasteiger partial charge on any atom is 0.338 e. The Kier molecular flexibility index (Phi) is 5.38. The Bertz CT molecular complexity index is 906. The first kappa shape index (κ1) is 17.3. The molecule has 0 atom stereocenters. The summed E-state index contributed by atoms with van der Waals surface area (Å²) < 4.78 is 6.63. The van der Waals surface area contributed by atoms with E-state index in [1.54, 1.807) is 36.7 Å². The summed E-state index contributed by atoms with van der Waals surface area (Å²) in [6.45, 7) is 0.905. The van der Waals surface area contributed by atoms with Gasteiger partial charge in [-0.1, -0.05) is 18.2 Å². The van der Waals surface area contributed by atoms with E-state index >= 15 is 0 Å². The van der Waals surface area contributed by atoms with E-state index in [-0.39, 0.29) is 17.0 Å². The first-order valence-corrected chi connectivity index (χ1v) is 8.09. The number of ether oxygens (including phenoxy) is 1. The van der Waals surface area contributed by atoms with Crippen LogP contribution in [0.4, 0.5) is 0 Å². The number of hydrogen-bond donors (Lipinski definition) is 1. The predicted molar refractivity (Wildman–Crippen MR) is 95.6 cm³/mol. The predicted octanol–water partition coefficient (Wildman–Crippen LogP) is 2.16. The molecule has 0 radical (unpaired) electrons. The highest BCUT2D eigenvalue weighted by Gasteiger charge is 2.16. The molecule has 2 heterocycles. The summed E-state index contributed by atoms with van der Waals surface area (Å²) in [5.74, 6) is -0.136. The van der Waals surface area contributed by atoms with Crippen LogP contribution in [0.3, 0.4) is 0 Å². The molecule has 26 heavy (non-hydrogen) atoms. The fourth-order valence-electron chi connectivity index (χ4n) is 2.57. The van der Waals surface area contributed by atoms with Crippen LogP contribution in [0.2, 0.25) is 0 Å². The van der Waals surface area contributed by atoms with E-state index in [0.29, 0.717) is 13.1 Å². The van der Waals surface area contributed by atoms with E-state index < -0.39 is 5.97 Å². The average molecular weight is 350 g/mol. The Morgan fingerprint density at radius 3 is 2.54 bits per heavy atom. The Labute approximate surface area is 150 Å². The molecule has 0 saturated heterocycles. The minimum Gasteiger partial charge on any atom is -0.465 e. The molecule has 0 spiro atoms. The Morgan fingerprint density at radius 1 is 1.04 bits per heavy atom. The molecule has 7 heteroatoms. The number of hydrogen-bond acceptors (Lipinski definition) is 5. The highest BCUT2D eigenvalue weighted by molar-refractivity contribution is 6.05. The summed E-state index contributed by atoms with van der Waals surface area (Å²) in [7, 11) is 1.29. The summed E-state index contributed by atoms with van der Waals surface area (Å²) in [5, 5.41) is 2.82. The highest BCUT2D eigenvalue weighted by Crippen LogP contribution is 2.14. The van der Waals surface area contributed by atoms with Crippen molar-refractivity contribution in [2.45, 2.75) is 6.54 Å². The fraction of sp³-hybridized carbons (Fsp3) is 0.158. The minimum absolute atomic E-state index is 0.240. The van der Waals surface area contributed by atoms with Crippen molar-refractivity contribution in [3.05, 3.63) is 72.2 Å². The molecular weight excluding hydrogens is 332 g/mol. The van der Waals surface area contributed by atoms with Crippen LogP contribution in [0.25, 0.3) is 11.5 Å². The fourth-order valence-corrected chi connectivity index (χ4v) is 2.57. The quantitative estimate of drug-likeness (QED) is 0.689. The van der Waals surface area contributed by atoms with Crippen molar-refractivity contribution in [2.24, 2.45) is 0 Å². The molecule has 0 saturated carbocycles. The summed E-state index contributed by atoms with van der Waals surface area (Å²) >= 11 is 0. The van der Waals surface area contributed by atoms with Crippen LogP contribution in [-0.4, -0.2) is 40.1 Å². The van der Waals surface area contributed by atoms with Crippen LogP contribution in [0, 0.1) is 0 Å². The van der Waals surface area contributed by atoms with Gasteiger partial charge >= 0.3 is 5.97 Å². The van der Waals surface area contributed by atoms with Gasteiger partial charge in [0.15, 0.2) is 5.82 Å². The smallest absolute Gasteiger partial charge is 0.338 e. The van der Waals surface area contributed by atoms with E-state index in [4.69, 9.17) is 4.74 Å². The van der Waals surface area contributed by atoms with Gasteiger partial charge in [-0.05, 0) is 24.3 Å². The number of rotatable bonds is 6. The molecule has 7 nitrogen and oxygen atoms in total. The van der Waals surface area contributed by atoms with Gasteiger partial charge < -0.3 is 14.6 Å². The number of amides is 1. The topological polar surface area (TPSA) is 86.1 Å². The first-order valence-electron chi connectivity index (χ1n) is 8.09. The number of methoxy groups -OCH3 is 1. The molecule has 0 unspecified atom stereocenters. The molecule has 0 fully saturated rings. The minimum atomic E-state index is -0.539. The van der Waals surface area contributed by atoms with Crippen molar-refractivity contribution in [3.63, 3.8) is 0 Å². The lowest BCUT2D eigenvalue weighted by Gasteiger charge is -2.10. The second-order valence-electron chi connectivity index (χ2n) is 5.45. The van der Waals surface area contributed by atoms with Crippen LogP contribution in [0.5, 0.6) is 0 Å². The number of carbonyl (C=O) groups excluding carboxylic acids is 2. The molecule has 3 rings (SSSR count). The van der Waals surface area contributed by atoms with Crippen LogP contribution >= 0.6 is 0 Å². The summed E-state index contributed by atoms with van der Waals surface area (Å²) in [5.41, 5.74) is 1.29. The molecule has 1 aromatic carbocycles. The van der Waals surface area contributed by atoms with Crippen LogP contribution in [-0.2, 0) is 11.3 Å². The molecule has 1 N–H and O–H groups in total. The molecule has 132 valence electrons. The van der Waals surface area contributed by atoms with Gasteiger partial charge in [0.2, 0.25) is 0 Å². The number of carbonyl (C=O) groups is 2. The zero-order chi connectivity index (χ0) is 18.4. The van der Waals surface area contributed by atoms with Gasteiger partial charge in [0, 0.05) is 31.7 Å². The number of nitrogens with one attached hydrogen (secondary N) is 1. The lowest BCUT2D eigenvalue weighted by atomic mass is 10.1. The van der Waals surface area contributed by atoms with Gasteiger partial charge in [-0.15, -0.1) is 0 Å². The second kappa shape index (κ2) is 8.06. The third-order valence-corrected chi connectivity index (χ3v) is 3.82. The molecule has 0 aliphatic carbocycles. The number of pyridine rings is 1. The second-order valence-corrected chi connectivity index (χ2v) is 5.45. The highest BCUT2D eigenvalue weighted by atomic mass is 16.5. The number of aromatic nitrogens is 3. The monoisotopic (exact) mass is 350 g/mol. The first-order chi connectivity index (χ1) is 12.7. The normalized spacial score (nSPS) is 10.3. The molecule has 1 amide bonds. The molecule has 3 aromatic rings. The summed E-state index contributed by atoms with van der Waals surface area (Å²) in [6.07, 6.45) is 5.23. The molecular formula is C19H18N4O3. The number of imidazole rings is 1. The molecule has 0 aliphatic rings. The molecule has 2 aromatic heterocycles. The largest absolute Gasteiger partial charge is 0.465 e. The van der Waals surface area contributed by atoms with Crippen molar-refractivity contribution < 1.29 is 14.3 Å². The van der Waals surface area contributed by atoms with Crippen molar-refractivity contribution in [2.75, 3.05) is 13.7 Å². The van der Waals surface area contributed by atoms with Gasteiger partial charge in [-0.25, -0.2) is 9.78 Å². The average Bonchev–Trinajstić information content (AvgIpc) is 3.16. The van der Waals surface area contributed by atoms with Crippen LogP contribution < -0.4 is 5.32 Å². The van der Waals surface area contributed by atoms with Crippen molar-refractivity contribution >= 4 is 11.9 Å². The number of benzene rings is 1. The van der Waals surface area contributed by atoms with E-state index in [1.165, 1.54) is 7.11 Å². The van der Waals surface area contributed by atoms with Crippen LogP contribution in [0.15, 0.2) is 61.1 Å². The van der Waals surface area contributed by atoms with Crippen molar-refractivity contribution in [1.82, 2.24) is 19.9 Å². The number of esters is 1. The third-order valence-electron chi connectivity index (χ3n) is 3.82. The van der Waals surface area contributed by atoms with Crippen molar-refractivity contribution in [3.8, 4) is 11.5 Å². The van der Waals surface area contributed by atoms with Gasteiger partial charge in [0.05, 0.1) is 18.2 Å². The zero-order valence-corrected chi connectivity index (χ0v) is 14.3. The van der Waals surface area contributed by atoms with Gasteiger partial charge in [0.1, 0.15) is 5.69 Å². The maximum absolute atomic E-state index is 12.4. The zero-order valence-electron chi connectivity index (χ0n) is 14.3. The molecule has 0 bridgehead atoms. The summed E-state index contributed by atoms with van der Waals surface area (Å²) in [4.78, 5) is 32.8. The molecule has 0 aliphatic heterocycles. The SMILES string of the molecule is COC(=O)c1ccccc1C(=O)NCCn1ccnc1-c1ccccn1. The van der Waals surface area contributed by atoms with E-state index in [1.807, 2.05) is 29.0 Å². The van der Waals surface area contributed by atoms with Gasteiger partial charge in [-0.2, -0.15) is 0 Å².